The molecule has 0 aliphatic carbocycles. The molecule has 0 saturated carbocycles. The minimum Gasteiger partial charge on any atom is -0.494 e. The molecule has 0 radical (unpaired) electrons. The van der Waals surface area contributed by atoms with Crippen molar-refractivity contribution in [3.05, 3.63) is 54.6 Å². The molecular formula is C21H26O3. The van der Waals surface area contributed by atoms with Crippen molar-refractivity contribution in [1.82, 2.24) is 0 Å². The van der Waals surface area contributed by atoms with Crippen molar-refractivity contribution in [3.63, 3.8) is 0 Å². The van der Waals surface area contributed by atoms with Crippen LogP contribution in [0.5, 0.6) is 5.75 Å². The standard InChI is InChI=1S/C21H26O3/c22-21(23)12-8-3-1-2-4-9-17-24-20-15-13-19(14-16-20)18-10-6-5-7-11-18/h5-7,10-11,13-16H,1-4,8-9,12,17H2,(H,22,23). The molecule has 3 heteroatoms. The molecule has 2 aromatic rings. The molecule has 1 N–H and O–H groups in total. The number of ether oxygens (including phenoxy) is 1. The van der Waals surface area contributed by atoms with Crippen molar-refractivity contribution in [2.24, 2.45) is 0 Å². The monoisotopic (exact) mass is 326 g/mol. The van der Waals surface area contributed by atoms with Gasteiger partial charge in [0, 0.05) is 6.42 Å². The maximum absolute atomic E-state index is 10.4. The Morgan fingerprint density at radius 2 is 1.33 bits per heavy atom. The lowest BCUT2D eigenvalue weighted by molar-refractivity contribution is -0.137. The van der Waals surface area contributed by atoms with E-state index in [9.17, 15) is 4.79 Å². The third kappa shape index (κ3) is 6.86. The van der Waals surface area contributed by atoms with Gasteiger partial charge < -0.3 is 9.84 Å². The van der Waals surface area contributed by atoms with Gasteiger partial charge in [-0.3, -0.25) is 4.79 Å². The summed E-state index contributed by atoms with van der Waals surface area (Å²) in [6, 6.07) is 18.5. The predicted octanol–water partition coefficient (Wildman–Crippen LogP) is 5.55. The summed E-state index contributed by atoms with van der Waals surface area (Å²) in [4.78, 5) is 10.4. The van der Waals surface area contributed by atoms with Gasteiger partial charge >= 0.3 is 5.97 Å². The van der Waals surface area contributed by atoms with Gasteiger partial charge in [-0.2, -0.15) is 0 Å². The average Bonchev–Trinajstić information content (AvgIpc) is 2.61. The van der Waals surface area contributed by atoms with Crippen LogP contribution in [-0.2, 0) is 4.79 Å². The van der Waals surface area contributed by atoms with Gasteiger partial charge in [-0.1, -0.05) is 68.1 Å². The first kappa shape index (κ1) is 18.1. The van der Waals surface area contributed by atoms with Crippen molar-refractivity contribution >= 4 is 5.97 Å². The molecule has 0 saturated heterocycles. The Hall–Kier alpha value is -2.29. The summed E-state index contributed by atoms with van der Waals surface area (Å²) in [7, 11) is 0. The van der Waals surface area contributed by atoms with Crippen LogP contribution < -0.4 is 4.74 Å². The summed E-state index contributed by atoms with van der Waals surface area (Å²) in [6.45, 7) is 0.736. The van der Waals surface area contributed by atoms with Crippen molar-refractivity contribution in [2.75, 3.05) is 6.61 Å². The number of carbonyl (C=O) groups is 1. The molecule has 0 heterocycles. The van der Waals surface area contributed by atoms with E-state index in [4.69, 9.17) is 9.84 Å². The number of carboxylic acids is 1. The predicted molar refractivity (Wildman–Crippen MR) is 97.3 cm³/mol. The first-order valence-electron chi connectivity index (χ1n) is 8.76. The fourth-order valence-electron chi connectivity index (χ4n) is 2.65. The molecule has 0 aliphatic heterocycles. The van der Waals surface area contributed by atoms with Crippen molar-refractivity contribution in [2.45, 2.75) is 44.9 Å². The zero-order valence-corrected chi connectivity index (χ0v) is 14.1. The fraction of sp³-hybridized carbons (Fsp3) is 0.381. The molecule has 0 aliphatic rings. The summed E-state index contributed by atoms with van der Waals surface area (Å²) in [5.41, 5.74) is 2.41. The average molecular weight is 326 g/mol. The maximum atomic E-state index is 10.4. The third-order valence-electron chi connectivity index (χ3n) is 4.02. The fourth-order valence-corrected chi connectivity index (χ4v) is 2.65. The Labute approximate surface area is 144 Å². The molecule has 0 fully saturated rings. The largest absolute Gasteiger partial charge is 0.494 e. The zero-order chi connectivity index (χ0) is 17.0. The van der Waals surface area contributed by atoms with E-state index in [1.54, 1.807) is 0 Å². The van der Waals surface area contributed by atoms with Crippen molar-refractivity contribution in [3.8, 4) is 16.9 Å². The van der Waals surface area contributed by atoms with Gasteiger partial charge in [-0.05, 0) is 36.1 Å². The van der Waals surface area contributed by atoms with E-state index >= 15 is 0 Å². The molecule has 0 aromatic heterocycles. The lowest BCUT2D eigenvalue weighted by Crippen LogP contribution is -1.97. The van der Waals surface area contributed by atoms with E-state index in [2.05, 4.69) is 24.3 Å². The van der Waals surface area contributed by atoms with E-state index < -0.39 is 5.97 Å². The molecule has 0 bridgehead atoms. The van der Waals surface area contributed by atoms with Crippen LogP contribution in [0.3, 0.4) is 0 Å². The normalized spacial score (nSPS) is 10.5. The van der Waals surface area contributed by atoms with Gasteiger partial charge in [0.15, 0.2) is 0 Å². The summed E-state index contributed by atoms with van der Waals surface area (Å²) in [5, 5.41) is 8.56. The van der Waals surface area contributed by atoms with Crippen LogP contribution >= 0.6 is 0 Å². The van der Waals surface area contributed by atoms with E-state index in [0.29, 0.717) is 6.42 Å². The topological polar surface area (TPSA) is 46.5 Å². The van der Waals surface area contributed by atoms with Gasteiger partial charge in [-0.25, -0.2) is 0 Å². The minimum absolute atomic E-state index is 0.294. The Bertz CT molecular complexity index is 590. The lowest BCUT2D eigenvalue weighted by Gasteiger charge is -2.07. The second-order valence-corrected chi connectivity index (χ2v) is 6.00. The number of unbranched alkanes of at least 4 members (excludes halogenated alkanes) is 5. The Morgan fingerprint density at radius 1 is 0.750 bits per heavy atom. The number of hydrogen-bond acceptors (Lipinski definition) is 2. The highest BCUT2D eigenvalue weighted by molar-refractivity contribution is 5.66. The first-order valence-corrected chi connectivity index (χ1v) is 8.76. The molecule has 24 heavy (non-hydrogen) atoms. The second-order valence-electron chi connectivity index (χ2n) is 6.00. The molecule has 128 valence electrons. The van der Waals surface area contributed by atoms with Crippen LogP contribution in [0.2, 0.25) is 0 Å². The van der Waals surface area contributed by atoms with Crippen LogP contribution in [0.15, 0.2) is 54.6 Å². The second kappa shape index (κ2) is 10.5. The van der Waals surface area contributed by atoms with E-state index in [0.717, 1.165) is 50.9 Å². The lowest BCUT2D eigenvalue weighted by atomic mass is 10.1. The van der Waals surface area contributed by atoms with Crippen LogP contribution in [0.25, 0.3) is 11.1 Å². The van der Waals surface area contributed by atoms with E-state index in [1.807, 2.05) is 30.3 Å². The minimum atomic E-state index is -0.693. The van der Waals surface area contributed by atoms with E-state index in [-0.39, 0.29) is 0 Å². The molecule has 0 unspecified atom stereocenters. The van der Waals surface area contributed by atoms with Crippen LogP contribution in [0.4, 0.5) is 0 Å². The van der Waals surface area contributed by atoms with Crippen LogP contribution in [0.1, 0.15) is 44.9 Å². The van der Waals surface area contributed by atoms with Gasteiger partial charge in [0.25, 0.3) is 0 Å². The highest BCUT2D eigenvalue weighted by Gasteiger charge is 1.99. The third-order valence-corrected chi connectivity index (χ3v) is 4.02. The Kier molecular flexibility index (Phi) is 7.88. The van der Waals surface area contributed by atoms with Crippen LogP contribution in [0, 0.1) is 0 Å². The van der Waals surface area contributed by atoms with Gasteiger partial charge in [0.1, 0.15) is 5.75 Å². The highest BCUT2D eigenvalue weighted by Crippen LogP contribution is 2.22. The summed E-state index contributed by atoms with van der Waals surface area (Å²) < 4.78 is 5.78. The maximum Gasteiger partial charge on any atom is 0.303 e. The number of benzene rings is 2. The molecule has 0 atom stereocenters. The smallest absolute Gasteiger partial charge is 0.303 e. The number of hydrogen-bond donors (Lipinski definition) is 1. The van der Waals surface area contributed by atoms with Gasteiger partial charge in [0.05, 0.1) is 6.61 Å². The van der Waals surface area contributed by atoms with Crippen molar-refractivity contribution < 1.29 is 14.6 Å². The Morgan fingerprint density at radius 3 is 2.00 bits per heavy atom. The molecule has 0 spiro atoms. The number of carboxylic acid groups (broad SMARTS) is 1. The zero-order valence-electron chi connectivity index (χ0n) is 14.1. The van der Waals surface area contributed by atoms with Crippen molar-refractivity contribution in [1.29, 1.82) is 0 Å². The quantitative estimate of drug-likeness (QED) is 0.551. The first-order chi connectivity index (χ1) is 11.8. The number of rotatable bonds is 11. The molecule has 0 amide bonds. The molecule has 2 aromatic carbocycles. The summed E-state index contributed by atoms with van der Waals surface area (Å²) in [6.07, 6.45) is 6.53. The van der Waals surface area contributed by atoms with E-state index in [1.165, 1.54) is 11.1 Å². The number of aliphatic carboxylic acids is 1. The highest BCUT2D eigenvalue weighted by atomic mass is 16.5. The summed E-state index contributed by atoms with van der Waals surface area (Å²) in [5.74, 6) is 0.220. The summed E-state index contributed by atoms with van der Waals surface area (Å²) >= 11 is 0. The molecule has 3 nitrogen and oxygen atoms in total. The Balaban J connectivity index is 1.57. The van der Waals surface area contributed by atoms with Crippen LogP contribution in [-0.4, -0.2) is 17.7 Å². The SMILES string of the molecule is O=C(O)CCCCCCCCOc1ccc(-c2ccccc2)cc1. The van der Waals surface area contributed by atoms with Gasteiger partial charge in [-0.15, -0.1) is 0 Å². The molecule has 2 rings (SSSR count). The molecular weight excluding hydrogens is 300 g/mol. The van der Waals surface area contributed by atoms with Gasteiger partial charge in [0.2, 0.25) is 0 Å².